The van der Waals surface area contributed by atoms with E-state index >= 15 is 0 Å². The average Bonchev–Trinajstić information content (AvgIpc) is 2.38. The van der Waals surface area contributed by atoms with E-state index in [1.807, 2.05) is 0 Å². The van der Waals surface area contributed by atoms with Crippen molar-refractivity contribution in [1.29, 1.82) is 0 Å². The van der Waals surface area contributed by atoms with E-state index in [0.29, 0.717) is 34.7 Å². The van der Waals surface area contributed by atoms with Gasteiger partial charge in [-0.2, -0.15) is 0 Å². The fourth-order valence-electron chi connectivity index (χ4n) is 2.40. The highest BCUT2D eigenvalue weighted by molar-refractivity contribution is 6.39. The molecular weight excluding hydrogens is 311 g/mol. The summed E-state index contributed by atoms with van der Waals surface area (Å²) in [6.07, 6.45) is 4.12. The molecule has 6 heteroatoms. The fraction of sp³-hybridized carbons (Fsp3) is 0.533. The maximum absolute atomic E-state index is 12.2. The molecule has 1 aliphatic carbocycles. The third kappa shape index (κ3) is 4.58. The van der Waals surface area contributed by atoms with Gasteiger partial charge in [-0.1, -0.05) is 35.7 Å². The second-order valence-corrected chi connectivity index (χ2v) is 6.09. The molecule has 116 valence electrons. The highest BCUT2D eigenvalue weighted by Gasteiger charge is 2.26. The van der Waals surface area contributed by atoms with Gasteiger partial charge in [0.15, 0.2) is 0 Å². The monoisotopic (exact) mass is 330 g/mol. The zero-order valence-electron chi connectivity index (χ0n) is 11.8. The van der Waals surface area contributed by atoms with Gasteiger partial charge in [-0.05, 0) is 31.4 Å². The van der Waals surface area contributed by atoms with Crippen molar-refractivity contribution in [1.82, 2.24) is 4.90 Å². The molecule has 0 aliphatic heterocycles. The van der Waals surface area contributed by atoms with Crippen LogP contribution in [0.2, 0.25) is 10.0 Å². The van der Waals surface area contributed by atoms with Crippen LogP contribution in [-0.4, -0.2) is 41.7 Å². The van der Waals surface area contributed by atoms with E-state index < -0.39 is 0 Å². The number of hydrogen-bond donors (Lipinski definition) is 2. The molecule has 1 amide bonds. The van der Waals surface area contributed by atoms with Gasteiger partial charge in [0.25, 0.3) is 0 Å². The molecule has 0 aromatic heterocycles. The van der Waals surface area contributed by atoms with Crippen molar-refractivity contribution in [2.45, 2.75) is 31.7 Å². The van der Waals surface area contributed by atoms with Crippen molar-refractivity contribution in [2.75, 3.05) is 25.0 Å². The van der Waals surface area contributed by atoms with Crippen molar-refractivity contribution in [3.05, 3.63) is 28.2 Å². The van der Waals surface area contributed by atoms with E-state index in [2.05, 4.69) is 10.2 Å². The molecular formula is C15H20Cl2N2O2. The van der Waals surface area contributed by atoms with Crippen LogP contribution in [0.3, 0.4) is 0 Å². The number of amides is 1. The largest absolute Gasteiger partial charge is 0.396 e. The number of hydrogen-bond acceptors (Lipinski definition) is 3. The summed E-state index contributed by atoms with van der Waals surface area (Å²) >= 11 is 12.1. The van der Waals surface area contributed by atoms with Crippen LogP contribution in [0.4, 0.5) is 5.69 Å². The summed E-state index contributed by atoms with van der Waals surface area (Å²) in [6, 6.07) is 5.57. The maximum Gasteiger partial charge on any atom is 0.238 e. The number of para-hydroxylation sites is 1. The van der Waals surface area contributed by atoms with Crippen LogP contribution in [0.15, 0.2) is 18.2 Å². The Morgan fingerprint density at radius 2 is 2.00 bits per heavy atom. The van der Waals surface area contributed by atoms with Gasteiger partial charge in [-0.25, -0.2) is 0 Å². The summed E-state index contributed by atoms with van der Waals surface area (Å²) in [5, 5.41) is 12.6. The lowest BCUT2D eigenvalue weighted by atomic mass is 9.91. The zero-order chi connectivity index (χ0) is 15.2. The van der Waals surface area contributed by atoms with E-state index in [0.717, 1.165) is 19.4 Å². The number of aliphatic hydroxyl groups excluding tert-OH is 1. The van der Waals surface area contributed by atoms with E-state index in [-0.39, 0.29) is 12.5 Å². The van der Waals surface area contributed by atoms with Gasteiger partial charge in [0.1, 0.15) is 0 Å². The number of nitrogens with one attached hydrogen (secondary N) is 1. The Morgan fingerprint density at radius 1 is 1.33 bits per heavy atom. The first-order valence-corrected chi connectivity index (χ1v) is 7.96. The fourth-order valence-corrected chi connectivity index (χ4v) is 2.89. The first-order valence-electron chi connectivity index (χ1n) is 7.20. The maximum atomic E-state index is 12.2. The van der Waals surface area contributed by atoms with Gasteiger partial charge < -0.3 is 10.4 Å². The van der Waals surface area contributed by atoms with Crippen LogP contribution < -0.4 is 5.32 Å². The van der Waals surface area contributed by atoms with Gasteiger partial charge >= 0.3 is 0 Å². The van der Waals surface area contributed by atoms with Crippen molar-refractivity contribution in [3.8, 4) is 0 Å². The first-order chi connectivity index (χ1) is 10.1. The average molecular weight is 331 g/mol. The van der Waals surface area contributed by atoms with E-state index in [1.54, 1.807) is 18.2 Å². The number of aliphatic hydroxyl groups is 1. The van der Waals surface area contributed by atoms with E-state index in [1.165, 1.54) is 6.42 Å². The standard InChI is InChI=1S/C15H20Cl2N2O2/c16-12-6-2-7-13(17)15(12)18-14(21)10-19(8-3-9-20)11-4-1-5-11/h2,6-7,11,20H,1,3-5,8-10H2,(H,18,21). The van der Waals surface area contributed by atoms with Crippen molar-refractivity contribution in [2.24, 2.45) is 0 Å². The Labute approximate surface area is 135 Å². The van der Waals surface area contributed by atoms with Crippen LogP contribution in [0.5, 0.6) is 0 Å². The van der Waals surface area contributed by atoms with Crippen LogP contribution in [0.1, 0.15) is 25.7 Å². The van der Waals surface area contributed by atoms with Gasteiger partial charge in [-0.15, -0.1) is 0 Å². The minimum atomic E-state index is -0.130. The van der Waals surface area contributed by atoms with Crippen molar-refractivity contribution >= 4 is 34.8 Å². The predicted octanol–water partition coefficient (Wildman–Crippen LogP) is 3.17. The number of nitrogens with zero attached hydrogens (tertiary/aromatic N) is 1. The molecule has 0 saturated heterocycles. The molecule has 2 rings (SSSR count). The lowest BCUT2D eigenvalue weighted by molar-refractivity contribution is -0.118. The van der Waals surface area contributed by atoms with Crippen LogP contribution >= 0.6 is 23.2 Å². The molecule has 0 heterocycles. The molecule has 4 nitrogen and oxygen atoms in total. The van der Waals surface area contributed by atoms with E-state index in [9.17, 15) is 4.79 Å². The minimum Gasteiger partial charge on any atom is -0.396 e. The molecule has 2 N–H and O–H groups in total. The zero-order valence-corrected chi connectivity index (χ0v) is 13.3. The molecule has 0 unspecified atom stereocenters. The van der Waals surface area contributed by atoms with Gasteiger partial charge in [0.05, 0.1) is 22.3 Å². The quantitative estimate of drug-likeness (QED) is 0.807. The number of carbonyl (C=O) groups excluding carboxylic acids is 1. The molecule has 1 aliphatic rings. The molecule has 0 atom stereocenters. The third-order valence-corrected chi connectivity index (χ3v) is 4.40. The molecule has 1 aromatic rings. The molecule has 1 fully saturated rings. The summed E-state index contributed by atoms with van der Waals surface area (Å²) in [7, 11) is 0. The Balaban J connectivity index is 1.95. The molecule has 0 spiro atoms. The minimum absolute atomic E-state index is 0.130. The van der Waals surface area contributed by atoms with Gasteiger partial charge in [-0.3, -0.25) is 9.69 Å². The summed E-state index contributed by atoms with van der Waals surface area (Å²) in [5.74, 6) is -0.130. The Bertz CT molecular complexity index is 472. The molecule has 0 radical (unpaired) electrons. The van der Waals surface area contributed by atoms with Gasteiger partial charge in [0, 0.05) is 19.2 Å². The molecule has 1 aromatic carbocycles. The summed E-state index contributed by atoms with van der Waals surface area (Å²) in [4.78, 5) is 14.3. The number of carbonyl (C=O) groups is 1. The van der Waals surface area contributed by atoms with Crippen molar-refractivity contribution in [3.63, 3.8) is 0 Å². The third-order valence-electron chi connectivity index (χ3n) is 3.77. The Kier molecular flexibility index (Phi) is 6.30. The summed E-state index contributed by atoms with van der Waals surface area (Å²) < 4.78 is 0. The topological polar surface area (TPSA) is 52.6 Å². The predicted molar refractivity (Wildman–Crippen MR) is 86.0 cm³/mol. The van der Waals surface area contributed by atoms with Crippen LogP contribution in [0.25, 0.3) is 0 Å². The number of anilines is 1. The number of rotatable bonds is 7. The van der Waals surface area contributed by atoms with Gasteiger partial charge in [0.2, 0.25) is 5.91 Å². The number of benzene rings is 1. The summed E-state index contributed by atoms with van der Waals surface area (Å²) in [6.45, 7) is 1.16. The second kappa shape index (κ2) is 7.99. The highest BCUT2D eigenvalue weighted by Crippen LogP contribution is 2.30. The summed E-state index contributed by atoms with van der Waals surface area (Å²) in [5.41, 5.74) is 0.460. The first kappa shape index (κ1) is 16.6. The molecule has 0 bridgehead atoms. The smallest absolute Gasteiger partial charge is 0.238 e. The second-order valence-electron chi connectivity index (χ2n) is 5.28. The lowest BCUT2D eigenvalue weighted by Gasteiger charge is -2.37. The van der Waals surface area contributed by atoms with Crippen LogP contribution in [0, 0.1) is 0 Å². The van der Waals surface area contributed by atoms with E-state index in [4.69, 9.17) is 28.3 Å². The highest BCUT2D eigenvalue weighted by atomic mass is 35.5. The van der Waals surface area contributed by atoms with Crippen LogP contribution in [-0.2, 0) is 4.79 Å². The SMILES string of the molecule is O=C(CN(CCCO)C1CCC1)Nc1c(Cl)cccc1Cl. The number of halogens is 2. The molecule has 21 heavy (non-hydrogen) atoms. The van der Waals surface area contributed by atoms with Crippen molar-refractivity contribution < 1.29 is 9.90 Å². The Hall–Kier alpha value is -0.810. The normalized spacial score (nSPS) is 15.0. The molecule has 1 saturated carbocycles. The Morgan fingerprint density at radius 3 is 2.52 bits per heavy atom. The lowest BCUT2D eigenvalue weighted by Crippen LogP contribution is -2.45.